The highest BCUT2D eigenvalue weighted by atomic mass is 19.1. The fourth-order valence-corrected chi connectivity index (χ4v) is 4.16. The molecule has 1 aliphatic heterocycles. The molecule has 1 aliphatic rings. The number of pyridine rings is 1. The molecule has 0 saturated carbocycles. The van der Waals surface area contributed by atoms with E-state index in [0.717, 1.165) is 16.7 Å². The molecule has 2 aromatic carbocycles. The second kappa shape index (κ2) is 8.72. The predicted octanol–water partition coefficient (Wildman–Crippen LogP) is 6.26. The summed E-state index contributed by atoms with van der Waals surface area (Å²) in [6, 6.07) is 18.9. The van der Waals surface area contributed by atoms with E-state index in [9.17, 15) is 9.18 Å². The monoisotopic (exact) mass is 416 g/mol. The maximum absolute atomic E-state index is 13.5. The molecule has 3 aromatic rings. The minimum absolute atomic E-state index is 0.148. The van der Waals surface area contributed by atoms with Crippen LogP contribution in [0.1, 0.15) is 36.9 Å². The minimum Gasteiger partial charge on any atom is -0.437 e. The van der Waals surface area contributed by atoms with E-state index in [1.54, 1.807) is 17.2 Å². The van der Waals surface area contributed by atoms with Crippen LogP contribution >= 0.6 is 0 Å². The van der Waals surface area contributed by atoms with Crippen LogP contribution in [0.15, 0.2) is 85.7 Å². The van der Waals surface area contributed by atoms with Crippen LogP contribution in [0.25, 0.3) is 11.1 Å². The molecule has 2 heterocycles. The van der Waals surface area contributed by atoms with Gasteiger partial charge in [-0.25, -0.2) is 9.18 Å². The Labute approximate surface area is 182 Å². The molecule has 0 unspecified atom stereocenters. The molecule has 31 heavy (non-hydrogen) atoms. The van der Waals surface area contributed by atoms with E-state index < -0.39 is 5.60 Å². The summed E-state index contributed by atoms with van der Waals surface area (Å²) >= 11 is 0. The van der Waals surface area contributed by atoms with Crippen LogP contribution in [0.5, 0.6) is 0 Å². The minimum atomic E-state index is -0.676. The summed E-state index contributed by atoms with van der Waals surface area (Å²) in [4.78, 5) is 18.7. The number of hydrogen-bond acceptors (Lipinski definition) is 3. The van der Waals surface area contributed by atoms with E-state index in [4.69, 9.17) is 4.74 Å². The van der Waals surface area contributed by atoms with Crippen molar-refractivity contribution in [3.05, 3.63) is 103 Å². The van der Waals surface area contributed by atoms with Crippen LogP contribution in [-0.4, -0.2) is 22.5 Å². The lowest BCUT2D eigenvalue weighted by atomic mass is 9.85. The zero-order valence-electron chi connectivity index (χ0n) is 17.5. The average Bonchev–Trinajstić information content (AvgIpc) is 2.80. The first-order valence-electron chi connectivity index (χ1n) is 10.4. The molecule has 5 heteroatoms. The third-order valence-corrected chi connectivity index (χ3v) is 5.95. The molecule has 0 spiro atoms. The number of benzene rings is 2. The summed E-state index contributed by atoms with van der Waals surface area (Å²) in [5, 5.41) is 0. The third kappa shape index (κ3) is 4.22. The molecule has 0 aliphatic carbocycles. The van der Waals surface area contributed by atoms with Gasteiger partial charge >= 0.3 is 6.09 Å². The van der Waals surface area contributed by atoms with E-state index in [2.05, 4.69) is 11.6 Å². The molecule has 1 amide bonds. The zero-order valence-corrected chi connectivity index (χ0v) is 17.5. The summed E-state index contributed by atoms with van der Waals surface area (Å²) in [5.41, 5.74) is 2.89. The van der Waals surface area contributed by atoms with Crippen molar-refractivity contribution in [2.75, 3.05) is 6.54 Å². The lowest BCUT2D eigenvalue weighted by Crippen LogP contribution is -2.48. The Hall–Kier alpha value is -3.47. The van der Waals surface area contributed by atoms with Gasteiger partial charge in [-0.2, -0.15) is 0 Å². The molecule has 1 fully saturated rings. The average molecular weight is 416 g/mol. The Kier molecular flexibility index (Phi) is 5.85. The van der Waals surface area contributed by atoms with Gasteiger partial charge in [0.1, 0.15) is 11.4 Å². The normalized spacial score (nSPS) is 19.5. The Balaban J connectivity index is 1.52. The fourth-order valence-electron chi connectivity index (χ4n) is 4.16. The first-order valence-corrected chi connectivity index (χ1v) is 10.4. The molecule has 1 aromatic heterocycles. The van der Waals surface area contributed by atoms with Crippen molar-refractivity contribution >= 4 is 6.09 Å². The van der Waals surface area contributed by atoms with E-state index in [0.29, 0.717) is 24.9 Å². The van der Waals surface area contributed by atoms with E-state index in [1.807, 2.05) is 61.5 Å². The summed E-state index contributed by atoms with van der Waals surface area (Å²) in [6.45, 7) is 6.43. The van der Waals surface area contributed by atoms with Crippen molar-refractivity contribution in [1.82, 2.24) is 9.88 Å². The number of hydrogen-bond donors (Lipinski definition) is 0. The highest BCUT2D eigenvalue weighted by Gasteiger charge is 2.42. The third-order valence-electron chi connectivity index (χ3n) is 5.95. The first kappa shape index (κ1) is 20.8. The van der Waals surface area contributed by atoms with Gasteiger partial charge < -0.3 is 9.64 Å². The van der Waals surface area contributed by atoms with Gasteiger partial charge in [0.25, 0.3) is 0 Å². The summed E-state index contributed by atoms with van der Waals surface area (Å²) < 4.78 is 19.5. The van der Waals surface area contributed by atoms with E-state index >= 15 is 0 Å². The Bertz CT molecular complexity index is 1070. The molecule has 158 valence electrons. The van der Waals surface area contributed by atoms with Gasteiger partial charge in [0.15, 0.2) is 0 Å². The van der Waals surface area contributed by atoms with Gasteiger partial charge in [-0.05, 0) is 29.7 Å². The number of aromatic nitrogens is 1. The Morgan fingerprint density at radius 1 is 1.16 bits per heavy atom. The maximum Gasteiger partial charge on any atom is 0.411 e. The SMILES string of the molecule is C=CC[C@]1(c2ccccc2)CCN([C@@H](C)c2ccc(-c3cncc(F)c3)cc2)C(=O)O1. The molecule has 1 saturated heterocycles. The Morgan fingerprint density at radius 2 is 1.90 bits per heavy atom. The van der Waals surface area contributed by atoms with Crippen LogP contribution in [-0.2, 0) is 10.3 Å². The lowest BCUT2D eigenvalue weighted by molar-refractivity contribution is -0.0588. The molecule has 0 bridgehead atoms. The van der Waals surface area contributed by atoms with Gasteiger partial charge in [0.05, 0.1) is 12.2 Å². The highest BCUT2D eigenvalue weighted by molar-refractivity contribution is 5.70. The zero-order chi connectivity index (χ0) is 21.8. The van der Waals surface area contributed by atoms with Crippen LogP contribution < -0.4 is 0 Å². The van der Waals surface area contributed by atoms with Crippen LogP contribution in [0.3, 0.4) is 0 Å². The van der Waals surface area contributed by atoms with Crippen molar-refractivity contribution in [2.24, 2.45) is 0 Å². The molecule has 2 atom stereocenters. The van der Waals surface area contributed by atoms with Gasteiger partial charge in [0, 0.05) is 31.1 Å². The number of ether oxygens (including phenoxy) is 1. The first-order chi connectivity index (χ1) is 15.0. The van der Waals surface area contributed by atoms with Crippen molar-refractivity contribution in [2.45, 2.75) is 31.4 Å². The maximum atomic E-state index is 13.5. The number of rotatable bonds is 6. The topological polar surface area (TPSA) is 42.4 Å². The van der Waals surface area contributed by atoms with E-state index in [1.165, 1.54) is 12.3 Å². The number of amides is 1. The fraction of sp³-hybridized carbons (Fsp3) is 0.231. The molecule has 0 radical (unpaired) electrons. The highest BCUT2D eigenvalue weighted by Crippen LogP contribution is 2.39. The smallest absolute Gasteiger partial charge is 0.411 e. The molecular weight excluding hydrogens is 391 g/mol. The van der Waals surface area contributed by atoms with Gasteiger partial charge in [-0.1, -0.05) is 60.7 Å². The van der Waals surface area contributed by atoms with E-state index in [-0.39, 0.29) is 18.0 Å². The van der Waals surface area contributed by atoms with Crippen molar-refractivity contribution in [1.29, 1.82) is 0 Å². The number of cyclic esters (lactones) is 1. The van der Waals surface area contributed by atoms with Crippen molar-refractivity contribution in [3.63, 3.8) is 0 Å². The number of halogens is 1. The molecule has 4 nitrogen and oxygen atoms in total. The predicted molar refractivity (Wildman–Crippen MR) is 119 cm³/mol. The summed E-state index contributed by atoms with van der Waals surface area (Å²) in [6.07, 6.45) is 5.55. The standard InChI is InChI=1S/C26H25FN2O2/c1-3-13-26(23-7-5-4-6-8-23)14-15-29(25(30)31-26)19(2)20-9-11-21(12-10-20)22-16-24(27)18-28-17-22/h3-12,16-19H,1,13-15H2,2H3/t19-,26+/m0/s1. The number of nitrogens with zero attached hydrogens (tertiary/aromatic N) is 2. The largest absolute Gasteiger partial charge is 0.437 e. The molecular formula is C26H25FN2O2. The summed E-state index contributed by atoms with van der Waals surface area (Å²) in [7, 11) is 0. The second-order valence-electron chi connectivity index (χ2n) is 7.85. The van der Waals surface area contributed by atoms with Crippen LogP contribution in [0.4, 0.5) is 9.18 Å². The van der Waals surface area contributed by atoms with Crippen molar-refractivity contribution in [3.8, 4) is 11.1 Å². The van der Waals surface area contributed by atoms with Crippen LogP contribution in [0, 0.1) is 5.82 Å². The van der Waals surface area contributed by atoms with Gasteiger partial charge in [0.2, 0.25) is 0 Å². The molecule has 0 N–H and O–H groups in total. The number of carbonyl (C=O) groups excluding carboxylic acids is 1. The quantitative estimate of drug-likeness (QED) is 0.445. The van der Waals surface area contributed by atoms with Gasteiger partial charge in [-0.15, -0.1) is 6.58 Å². The van der Waals surface area contributed by atoms with Gasteiger partial charge in [-0.3, -0.25) is 4.98 Å². The second-order valence-corrected chi connectivity index (χ2v) is 7.85. The Morgan fingerprint density at radius 3 is 2.55 bits per heavy atom. The summed E-state index contributed by atoms with van der Waals surface area (Å²) in [5.74, 6) is -0.368. The number of carbonyl (C=O) groups is 1. The molecule has 4 rings (SSSR count). The van der Waals surface area contributed by atoms with Crippen molar-refractivity contribution < 1.29 is 13.9 Å². The lowest BCUT2D eigenvalue weighted by Gasteiger charge is -2.43. The van der Waals surface area contributed by atoms with Crippen LogP contribution in [0.2, 0.25) is 0 Å².